The number of nitrogens with zero attached hydrogens (tertiary/aromatic N) is 2. The molecule has 0 saturated carbocycles. The molecule has 0 aliphatic carbocycles. The molecule has 1 heterocycles. The lowest BCUT2D eigenvalue weighted by Crippen LogP contribution is -2.04. The van der Waals surface area contributed by atoms with E-state index in [2.05, 4.69) is 5.10 Å². The first kappa shape index (κ1) is 12.4. The molecule has 0 radical (unpaired) electrons. The van der Waals surface area contributed by atoms with Crippen molar-refractivity contribution in [2.45, 2.75) is 19.5 Å². The van der Waals surface area contributed by atoms with Gasteiger partial charge in [0.1, 0.15) is 0 Å². The highest BCUT2D eigenvalue weighted by atomic mass is 35.5. The van der Waals surface area contributed by atoms with Crippen molar-refractivity contribution in [1.82, 2.24) is 9.78 Å². The number of hydrogen-bond donors (Lipinski definition) is 1. The Kier molecular flexibility index (Phi) is 3.72. The number of rotatable bonds is 3. The molecular formula is C12H13Cl2N3. The summed E-state index contributed by atoms with van der Waals surface area (Å²) >= 11 is 11.8. The van der Waals surface area contributed by atoms with Crippen LogP contribution in [0, 0.1) is 0 Å². The topological polar surface area (TPSA) is 43.8 Å². The fourth-order valence-corrected chi connectivity index (χ4v) is 1.85. The van der Waals surface area contributed by atoms with E-state index in [4.69, 9.17) is 28.9 Å². The van der Waals surface area contributed by atoms with E-state index >= 15 is 0 Å². The summed E-state index contributed by atoms with van der Waals surface area (Å²) in [4.78, 5) is 0. The molecular weight excluding hydrogens is 257 g/mol. The van der Waals surface area contributed by atoms with Crippen molar-refractivity contribution in [3.63, 3.8) is 0 Å². The fraction of sp³-hybridized carbons (Fsp3) is 0.250. The Morgan fingerprint density at radius 2 is 2.12 bits per heavy atom. The summed E-state index contributed by atoms with van der Waals surface area (Å²) in [6.07, 6.45) is 3.72. The van der Waals surface area contributed by atoms with Crippen LogP contribution in [0.5, 0.6) is 0 Å². The van der Waals surface area contributed by atoms with Crippen molar-refractivity contribution in [1.29, 1.82) is 0 Å². The van der Waals surface area contributed by atoms with E-state index in [-0.39, 0.29) is 6.04 Å². The zero-order valence-corrected chi connectivity index (χ0v) is 10.9. The van der Waals surface area contributed by atoms with E-state index in [0.29, 0.717) is 16.6 Å². The number of aromatic nitrogens is 2. The molecule has 2 aromatic rings. The maximum Gasteiger partial charge on any atom is 0.0660 e. The summed E-state index contributed by atoms with van der Waals surface area (Å²) in [5.41, 5.74) is 7.85. The highest BCUT2D eigenvalue weighted by molar-refractivity contribution is 6.42. The normalized spacial score (nSPS) is 12.7. The number of halogens is 2. The molecule has 0 spiro atoms. The summed E-state index contributed by atoms with van der Waals surface area (Å²) in [5, 5.41) is 5.37. The minimum atomic E-state index is -0.00226. The van der Waals surface area contributed by atoms with Crippen LogP contribution >= 0.6 is 23.2 Å². The Bertz CT molecular complexity index is 520. The van der Waals surface area contributed by atoms with Crippen molar-refractivity contribution in [3.05, 3.63) is 51.8 Å². The van der Waals surface area contributed by atoms with Crippen molar-refractivity contribution >= 4 is 23.2 Å². The fourth-order valence-electron chi connectivity index (χ4n) is 1.53. The number of benzene rings is 1. The highest BCUT2D eigenvalue weighted by Crippen LogP contribution is 2.23. The van der Waals surface area contributed by atoms with Gasteiger partial charge in [0.25, 0.3) is 0 Å². The first-order chi connectivity index (χ1) is 8.06. The van der Waals surface area contributed by atoms with Gasteiger partial charge in [-0.25, -0.2) is 0 Å². The minimum Gasteiger partial charge on any atom is -0.324 e. The molecule has 2 rings (SSSR count). The van der Waals surface area contributed by atoms with Gasteiger partial charge in [0.05, 0.1) is 22.8 Å². The monoisotopic (exact) mass is 269 g/mol. The molecule has 0 saturated heterocycles. The van der Waals surface area contributed by atoms with E-state index < -0.39 is 0 Å². The van der Waals surface area contributed by atoms with Gasteiger partial charge in [-0.2, -0.15) is 5.10 Å². The summed E-state index contributed by atoms with van der Waals surface area (Å²) in [5.74, 6) is 0. The maximum atomic E-state index is 5.95. The predicted molar refractivity (Wildman–Crippen MR) is 70.4 cm³/mol. The first-order valence-corrected chi connectivity index (χ1v) is 6.03. The summed E-state index contributed by atoms with van der Waals surface area (Å²) < 4.78 is 1.83. The lowest BCUT2D eigenvalue weighted by atomic mass is 10.2. The van der Waals surface area contributed by atoms with Crippen molar-refractivity contribution < 1.29 is 0 Å². The average Bonchev–Trinajstić information content (AvgIpc) is 2.72. The van der Waals surface area contributed by atoms with E-state index in [1.54, 1.807) is 12.3 Å². The Balaban J connectivity index is 2.16. The number of nitrogens with two attached hydrogens (primary N) is 1. The molecule has 0 aliphatic rings. The third kappa shape index (κ3) is 3.00. The van der Waals surface area contributed by atoms with E-state index in [9.17, 15) is 0 Å². The molecule has 1 atom stereocenters. The zero-order chi connectivity index (χ0) is 12.4. The molecule has 0 bridgehead atoms. The van der Waals surface area contributed by atoms with Crippen LogP contribution in [0.1, 0.15) is 24.1 Å². The van der Waals surface area contributed by atoms with Gasteiger partial charge in [-0.05, 0) is 24.6 Å². The molecule has 0 fully saturated rings. The van der Waals surface area contributed by atoms with Gasteiger partial charge < -0.3 is 5.73 Å². The van der Waals surface area contributed by atoms with E-state index in [0.717, 1.165) is 11.1 Å². The summed E-state index contributed by atoms with van der Waals surface area (Å²) in [6.45, 7) is 2.59. The van der Waals surface area contributed by atoms with Gasteiger partial charge in [-0.3, -0.25) is 4.68 Å². The molecule has 5 heteroatoms. The Labute approximate surface area is 110 Å². The van der Waals surface area contributed by atoms with Gasteiger partial charge in [0.2, 0.25) is 0 Å². The molecule has 0 aliphatic heterocycles. The van der Waals surface area contributed by atoms with Crippen LogP contribution in [-0.4, -0.2) is 9.78 Å². The third-order valence-corrected chi connectivity index (χ3v) is 3.25. The maximum absolute atomic E-state index is 5.95. The standard InChI is InChI=1S/C12H13Cl2N3/c1-8(15)10-5-16-17(7-10)6-9-2-3-11(13)12(14)4-9/h2-5,7-8H,6,15H2,1H3. The Hall–Kier alpha value is -1.03. The summed E-state index contributed by atoms with van der Waals surface area (Å²) in [6, 6.07) is 5.56. The molecule has 90 valence electrons. The second-order valence-corrected chi connectivity index (χ2v) is 4.82. The smallest absolute Gasteiger partial charge is 0.0660 e. The molecule has 17 heavy (non-hydrogen) atoms. The van der Waals surface area contributed by atoms with E-state index in [1.807, 2.05) is 29.9 Å². The first-order valence-electron chi connectivity index (χ1n) is 5.28. The molecule has 1 unspecified atom stereocenters. The van der Waals surface area contributed by atoms with Crippen LogP contribution in [-0.2, 0) is 6.54 Å². The molecule has 1 aromatic carbocycles. The predicted octanol–water partition coefficient (Wildman–Crippen LogP) is 3.26. The Morgan fingerprint density at radius 3 is 2.71 bits per heavy atom. The van der Waals surface area contributed by atoms with Crippen molar-refractivity contribution in [2.75, 3.05) is 0 Å². The lowest BCUT2D eigenvalue weighted by Gasteiger charge is -2.04. The average molecular weight is 270 g/mol. The third-order valence-electron chi connectivity index (χ3n) is 2.51. The van der Waals surface area contributed by atoms with Gasteiger partial charge >= 0.3 is 0 Å². The lowest BCUT2D eigenvalue weighted by molar-refractivity contribution is 0.684. The second-order valence-electron chi connectivity index (χ2n) is 4.01. The van der Waals surface area contributed by atoms with Crippen LogP contribution in [0.2, 0.25) is 10.0 Å². The van der Waals surface area contributed by atoms with Crippen LogP contribution in [0.3, 0.4) is 0 Å². The van der Waals surface area contributed by atoms with Gasteiger partial charge in [-0.1, -0.05) is 29.3 Å². The molecule has 1 aromatic heterocycles. The van der Waals surface area contributed by atoms with Crippen LogP contribution in [0.25, 0.3) is 0 Å². The summed E-state index contributed by atoms with van der Waals surface area (Å²) in [7, 11) is 0. The molecule has 0 amide bonds. The zero-order valence-electron chi connectivity index (χ0n) is 9.40. The van der Waals surface area contributed by atoms with Gasteiger partial charge in [-0.15, -0.1) is 0 Å². The van der Waals surface area contributed by atoms with Crippen molar-refractivity contribution in [3.8, 4) is 0 Å². The Morgan fingerprint density at radius 1 is 1.35 bits per heavy atom. The van der Waals surface area contributed by atoms with Gasteiger partial charge in [0.15, 0.2) is 0 Å². The van der Waals surface area contributed by atoms with Crippen LogP contribution in [0.15, 0.2) is 30.6 Å². The van der Waals surface area contributed by atoms with E-state index in [1.165, 1.54) is 0 Å². The SMILES string of the molecule is CC(N)c1cnn(Cc2ccc(Cl)c(Cl)c2)c1. The molecule has 3 nitrogen and oxygen atoms in total. The highest BCUT2D eigenvalue weighted by Gasteiger charge is 2.04. The van der Waals surface area contributed by atoms with Crippen LogP contribution < -0.4 is 5.73 Å². The minimum absolute atomic E-state index is 0.00226. The van der Waals surface area contributed by atoms with Gasteiger partial charge in [0, 0.05) is 17.8 Å². The molecule has 2 N–H and O–H groups in total. The number of hydrogen-bond acceptors (Lipinski definition) is 2. The van der Waals surface area contributed by atoms with Crippen molar-refractivity contribution in [2.24, 2.45) is 5.73 Å². The van der Waals surface area contributed by atoms with Crippen LogP contribution in [0.4, 0.5) is 0 Å². The largest absolute Gasteiger partial charge is 0.324 e. The second kappa shape index (κ2) is 5.08. The quantitative estimate of drug-likeness (QED) is 0.930.